The molecule has 0 aliphatic carbocycles. The zero-order valence-electron chi connectivity index (χ0n) is 18.9. The highest BCUT2D eigenvalue weighted by atomic mass is 16.2. The van der Waals surface area contributed by atoms with E-state index in [-0.39, 0.29) is 12.5 Å². The lowest BCUT2D eigenvalue weighted by Gasteiger charge is -2.07. The Morgan fingerprint density at radius 1 is 1.00 bits per heavy atom. The van der Waals surface area contributed by atoms with Gasteiger partial charge in [0, 0.05) is 23.6 Å². The van der Waals surface area contributed by atoms with Crippen molar-refractivity contribution in [3.8, 4) is 5.82 Å². The molecule has 31 heavy (non-hydrogen) atoms. The Bertz CT molecular complexity index is 1250. The summed E-state index contributed by atoms with van der Waals surface area (Å²) in [6.45, 7) is 11.0. The van der Waals surface area contributed by atoms with Crippen LogP contribution >= 0.6 is 0 Å². The van der Waals surface area contributed by atoms with Crippen molar-refractivity contribution in [2.24, 2.45) is 0 Å². The Morgan fingerprint density at radius 3 is 2.45 bits per heavy atom. The van der Waals surface area contributed by atoms with E-state index < -0.39 is 0 Å². The van der Waals surface area contributed by atoms with Crippen LogP contribution < -0.4 is 5.32 Å². The number of nitrogens with one attached hydrogen (secondary N) is 1. The summed E-state index contributed by atoms with van der Waals surface area (Å²) in [7, 11) is 0. The molecule has 0 saturated carbocycles. The minimum atomic E-state index is -0.0643. The molecule has 0 atom stereocenters. The van der Waals surface area contributed by atoms with Crippen molar-refractivity contribution < 1.29 is 4.79 Å². The van der Waals surface area contributed by atoms with Crippen LogP contribution in [0.25, 0.3) is 16.9 Å². The van der Waals surface area contributed by atoms with Gasteiger partial charge in [-0.25, -0.2) is 9.67 Å². The Hall–Kier alpha value is -3.41. The van der Waals surface area contributed by atoms with E-state index in [0.717, 1.165) is 45.9 Å². The third kappa shape index (κ3) is 4.24. The maximum absolute atomic E-state index is 12.7. The number of nitrogens with zero attached hydrogens (tertiary/aromatic N) is 4. The lowest BCUT2D eigenvalue weighted by atomic mass is 10.1. The topological polar surface area (TPSA) is 64.7 Å². The second-order valence-corrected chi connectivity index (χ2v) is 8.30. The Balaban J connectivity index is 1.59. The SMILES string of the molecule is Cc1cccc(CCNC(=O)Cn2nc(-n3c(C)ccc3C)c3c(C)cc(C)nc32)c1. The summed E-state index contributed by atoms with van der Waals surface area (Å²) in [5, 5.41) is 8.84. The molecule has 6 heteroatoms. The number of benzene rings is 1. The molecule has 6 nitrogen and oxygen atoms in total. The van der Waals surface area contributed by atoms with Gasteiger partial charge in [0.15, 0.2) is 11.5 Å². The van der Waals surface area contributed by atoms with Gasteiger partial charge in [-0.2, -0.15) is 5.10 Å². The fourth-order valence-corrected chi connectivity index (χ4v) is 4.17. The normalized spacial score (nSPS) is 11.3. The number of fused-ring (bicyclic) bond motifs is 1. The smallest absolute Gasteiger partial charge is 0.241 e. The van der Waals surface area contributed by atoms with Crippen LogP contribution in [0.5, 0.6) is 0 Å². The number of hydrogen-bond donors (Lipinski definition) is 1. The molecule has 0 bridgehead atoms. The lowest BCUT2D eigenvalue weighted by Crippen LogP contribution is -2.30. The van der Waals surface area contributed by atoms with Gasteiger partial charge in [0.05, 0.1) is 5.39 Å². The molecular formula is C25H29N5O. The van der Waals surface area contributed by atoms with E-state index in [9.17, 15) is 4.79 Å². The van der Waals surface area contributed by atoms with E-state index in [1.807, 2.05) is 13.0 Å². The molecule has 1 N–H and O–H groups in total. The van der Waals surface area contributed by atoms with Crippen LogP contribution in [-0.2, 0) is 17.8 Å². The van der Waals surface area contributed by atoms with Gasteiger partial charge in [0.25, 0.3) is 0 Å². The van der Waals surface area contributed by atoms with Crippen molar-refractivity contribution in [2.45, 2.75) is 47.6 Å². The molecule has 0 spiro atoms. The lowest BCUT2D eigenvalue weighted by molar-refractivity contribution is -0.121. The standard InChI is InChI=1S/C25H29N5O/c1-16-7-6-8-21(13-16)11-12-26-22(31)15-29-24-23(17(2)14-18(3)27-24)25(28-29)30-19(4)9-10-20(30)5/h6-10,13-14H,11-12,15H2,1-5H3,(H,26,31). The molecule has 160 valence electrons. The van der Waals surface area contributed by atoms with Gasteiger partial charge < -0.3 is 9.88 Å². The molecule has 4 rings (SSSR count). The van der Waals surface area contributed by atoms with Gasteiger partial charge in [-0.15, -0.1) is 0 Å². The van der Waals surface area contributed by atoms with Crippen molar-refractivity contribution in [2.75, 3.05) is 6.54 Å². The summed E-state index contributed by atoms with van der Waals surface area (Å²) in [4.78, 5) is 17.4. The molecule has 3 aromatic heterocycles. The molecule has 0 aliphatic rings. The zero-order chi connectivity index (χ0) is 22.1. The van der Waals surface area contributed by atoms with Crippen LogP contribution in [0.15, 0.2) is 42.5 Å². The van der Waals surface area contributed by atoms with E-state index in [4.69, 9.17) is 10.1 Å². The maximum atomic E-state index is 12.7. The summed E-state index contributed by atoms with van der Waals surface area (Å²) in [6, 6.07) is 14.6. The van der Waals surface area contributed by atoms with Crippen LogP contribution in [-0.4, -0.2) is 31.8 Å². The maximum Gasteiger partial charge on any atom is 0.241 e. The number of hydrogen-bond acceptors (Lipinski definition) is 3. The molecule has 1 aromatic carbocycles. The van der Waals surface area contributed by atoms with Crippen LogP contribution in [0, 0.1) is 34.6 Å². The number of aromatic nitrogens is 4. The molecule has 3 heterocycles. The first-order valence-electron chi connectivity index (χ1n) is 10.7. The summed E-state index contributed by atoms with van der Waals surface area (Å²) in [6.07, 6.45) is 0.802. The predicted octanol–water partition coefficient (Wildman–Crippen LogP) is 4.12. The van der Waals surface area contributed by atoms with Crippen molar-refractivity contribution in [3.05, 3.63) is 76.2 Å². The highest BCUT2D eigenvalue weighted by Gasteiger charge is 2.19. The minimum absolute atomic E-state index is 0.0643. The molecule has 4 aromatic rings. The fourth-order valence-electron chi connectivity index (χ4n) is 4.17. The third-order valence-electron chi connectivity index (χ3n) is 5.60. The second kappa shape index (κ2) is 8.38. The van der Waals surface area contributed by atoms with Gasteiger partial charge >= 0.3 is 0 Å². The van der Waals surface area contributed by atoms with E-state index in [1.165, 1.54) is 11.1 Å². The number of rotatable bonds is 6. The monoisotopic (exact) mass is 415 g/mol. The Morgan fingerprint density at radius 2 is 1.74 bits per heavy atom. The van der Waals surface area contributed by atoms with Gasteiger partial charge in [0.1, 0.15) is 6.54 Å². The predicted molar refractivity (Wildman–Crippen MR) is 124 cm³/mol. The number of carbonyl (C=O) groups excluding carboxylic acids is 1. The largest absolute Gasteiger partial charge is 0.354 e. The first kappa shape index (κ1) is 20.8. The van der Waals surface area contributed by atoms with Gasteiger partial charge in [0.2, 0.25) is 5.91 Å². The Labute approximate surface area is 182 Å². The van der Waals surface area contributed by atoms with E-state index in [2.05, 4.69) is 74.0 Å². The molecule has 0 radical (unpaired) electrons. The van der Waals surface area contributed by atoms with E-state index in [0.29, 0.717) is 6.54 Å². The van der Waals surface area contributed by atoms with Crippen molar-refractivity contribution in [1.82, 2.24) is 24.6 Å². The van der Waals surface area contributed by atoms with Crippen LogP contribution in [0.2, 0.25) is 0 Å². The van der Waals surface area contributed by atoms with E-state index in [1.54, 1.807) is 4.68 Å². The average molecular weight is 416 g/mol. The third-order valence-corrected chi connectivity index (χ3v) is 5.60. The number of amides is 1. The molecule has 0 unspecified atom stereocenters. The number of carbonyl (C=O) groups is 1. The minimum Gasteiger partial charge on any atom is -0.354 e. The van der Waals surface area contributed by atoms with Crippen molar-refractivity contribution >= 4 is 16.9 Å². The quantitative estimate of drug-likeness (QED) is 0.515. The fraction of sp³-hybridized carbons (Fsp3) is 0.320. The van der Waals surface area contributed by atoms with Gasteiger partial charge in [-0.1, -0.05) is 29.8 Å². The van der Waals surface area contributed by atoms with Gasteiger partial charge in [-0.05, 0) is 70.4 Å². The van der Waals surface area contributed by atoms with Gasteiger partial charge in [-0.3, -0.25) is 4.79 Å². The molecule has 0 aliphatic heterocycles. The first-order chi connectivity index (χ1) is 14.8. The number of aryl methyl sites for hydroxylation is 5. The zero-order valence-corrected chi connectivity index (χ0v) is 18.9. The van der Waals surface area contributed by atoms with E-state index >= 15 is 0 Å². The highest BCUT2D eigenvalue weighted by Crippen LogP contribution is 2.27. The van der Waals surface area contributed by atoms with Crippen molar-refractivity contribution in [3.63, 3.8) is 0 Å². The first-order valence-corrected chi connectivity index (χ1v) is 10.7. The Kier molecular flexibility index (Phi) is 5.63. The molecule has 0 fully saturated rings. The second-order valence-electron chi connectivity index (χ2n) is 8.30. The van der Waals surface area contributed by atoms with Crippen LogP contribution in [0.1, 0.15) is 33.8 Å². The molecule has 0 saturated heterocycles. The molecular weight excluding hydrogens is 386 g/mol. The average Bonchev–Trinajstić information content (AvgIpc) is 3.21. The van der Waals surface area contributed by atoms with Crippen LogP contribution in [0.4, 0.5) is 0 Å². The number of pyridine rings is 1. The highest BCUT2D eigenvalue weighted by molar-refractivity contribution is 5.88. The summed E-state index contributed by atoms with van der Waals surface area (Å²) >= 11 is 0. The summed E-state index contributed by atoms with van der Waals surface area (Å²) in [5.41, 5.74) is 7.42. The van der Waals surface area contributed by atoms with Crippen LogP contribution in [0.3, 0.4) is 0 Å². The summed E-state index contributed by atoms with van der Waals surface area (Å²) < 4.78 is 3.85. The summed E-state index contributed by atoms with van der Waals surface area (Å²) in [5.74, 6) is 0.762. The molecule has 1 amide bonds. The van der Waals surface area contributed by atoms with Crippen molar-refractivity contribution in [1.29, 1.82) is 0 Å².